The number of nitrogens with one attached hydrogen (secondary N) is 3. The lowest BCUT2D eigenvalue weighted by Crippen LogP contribution is -2.30. The van der Waals surface area contributed by atoms with Gasteiger partial charge in [0.25, 0.3) is 17.5 Å². The van der Waals surface area contributed by atoms with Gasteiger partial charge in [-0.05, 0) is 66.7 Å². The van der Waals surface area contributed by atoms with Crippen molar-refractivity contribution in [3.63, 3.8) is 0 Å². The number of hydrogen-bond acceptors (Lipinski definition) is 6. The molecule has 0 saturated carbocycles. The van der Waals surface area contributed by atoms with E-state index in [4.69, 9.17) is 23.2 Å². The lowest BCUT2D eigenvalue weighted by molar-refractivity contribution is -0.384. The Kier molecular flexibility index (Phi) is 10.3. The van der Waals surface area contributed by atoms with Crippen LogP contribution in [0.5, 0.6) is 0 Å². The summed E-state index contributed by atoms with van der Waals surface area (Å²) in [5.41, 5.74) is 1.50. The van der Waals surface area contributed by atoms with Crippen LogP contribution in [0.1, 0.15) is 15.9 Å². The number of carbonyl (C=O) groups excluding carboxylic acids is 3. The molecule has 12 heteroatoms. The van der Waals surface area contributed by atoms with Crippen molar-refractivity contribution in [3.8, 4) is 0 Å². The van der Waals surface area contributed by atoms with Gasteiger partial charge in [-0.1, -0.05) is 47.5 Å². The molecule has 0 unspecified atom stereocenters. The molecule has 4 aromatic carbocycles. The molecule has 0 bridgehead atoms. The highest BCUT2D eigenvalue weighted by atomic mass is 35.5. The van der Waals surface area contributed by atoms with E-state index >= 15 is 0 Å². The zero-order valence-electron chi connectivity index (χ0n) is 21.7. The molecule has 0 aliphatic carbocycles. The van der Waals surface area contributed by atoms with Crippen molar-refractivity contribution in [1.82, 2.24) is 5.32 Å². The van der Waals surface area contributed by atoms with Crippen molar-refractivity contribution in [2.24, 2.45) is 0 Å². The van der Waals surface area contributed by atoms with Crippen LogP contribution in [0, 0.1) is 10.1 Å². The predicted molar refractivity (Wildman–Crippen MR) is 166 cm³/mol. The average Bonchev–Trinajstić information content (AvgIpc) is 2.98. The zero-order valence-corrected chi connectivity index (χ0v) is 24.0. The van der Waals surface area contributed by atoms with Gasteiger partial charge in [-0.3, -0.25) is 24.5 Å². The highest BCUT2D eigenvalue weighted by Gasteiger charge is 2.17. The summed E-state index contributed by atoms with van der Waals surface area (Å²) in [4.78, 5) is 49.4. The minimum absolute atomic E-state index is 0.0663. The molecule has 4 rings (SSSR count). The fourth-order valence-electron chi connectivity index (χ4n) is 3.58. The molecule has 42 heavy (non-hydrogen) atoms. The van der Waals surface area contributed by atoms with Gasteiger partial charge >= 0.3 is 0 Å². The molecule has 3 N–H and O–H groups in total. The summed E-state index contributed by atoms with van der Waals surface area (Å²) in [7, 11) is 0. The van der Waals surface area contributed by atoms with E-state index in [2.05, 4.69) is 16.0 Å². The zero-order chi connectivity index (χ0) is 30.1. The van der Waals surface area contributed by atoms with Crippen LogP contribution in [0.4, 0.5) is 17.1 Å². The molecular formula is C30H22Cl2N4O5S. The lowest BCUT2D eigenvalue weighted by Gasteiger charge is -2.13. The smallest absolute Gasteiger partial charge is 0.272 e. The van der Waals surface area contributed by atoms with E-state index in [-0.39, 0.29) is 23.0 Å². The summed E-state index contributed by atoms with van der Waals surface area (Å²) in [5.74, 6) is -1.27. The Morgan fingerprint density at radius 2 is 1.38 bits per heavy atom. The van der Waals surface area contributed by atoms with Gasteiger partial charge < -0.3 is 16.0 Å². The van der Waals surface area contributed by atoms with Crippen LogP contribution in [0.2, 0.25) is 10.0 Å². The molecule has 9 nitrogen and oxygen atoms in total. The molecule has 0 radical (unpaired) electrons. The topological polar surface area (TPSA) is 130 Å². The van der Waals surface area contributed by atoms with Gasteiger partial charge in [-0.2, -0.15) is 0 Å². The van der Waals surface area contributed by atoms with Crippen LogP contribution < -0.4 is 16.0 Å². The molecule has 0 fully saturated rings. The fourth-order valence-corrected chi connectivity index (χ4v) is 4.79. The van der Waals surface area contributed by atoms with Crippen LogP contribution in [0.25, 0.3) is 6.08 Å². The predicted octanol–water partition coefficient (Wildman–Crippen LogP) is 7.04. The van der Waals surface area contributed by atoms with Crippen LogP contribution >= 0.6 is 35.0 Å². The Labute approximate surface area is 255 Å². The van der Waals surface area contributed by atoms with E-state index < -0.39 is 16.7 Å². The van der Waals surface area contributed by atoms with Gasteiger partial charge in [-0.25, -0.2) is 0 Å². The van der Waals surface area contributed by atoms with Crippen LogP contribution in [-0.4, -0.2) is 28.4 Å². The van der Waals surface area contributed by atoms with Gasteiger partial charge in [0.05, 0.1) is 10.7 Å². The lowest BCUT2D eigenvalue weighted by atomic mass is 10.1. The van der Waals surface area contributed by atoms with Gasteiger partial charge in [0, 0.05) is 49.6 Å². The monoisotopic (exact) mass is 620 g/mol. The second-order valence-corrected chi connectivity index (χ2v) is 10.5. The van der Waals surface area contributed by atoms with Gasteiger partial charge in [0.1, 0.15) is 5.70 Å². The average molecular weight is 622 g/mol. The first-order chi connectivity index (χ1) is 20.2. The number of non-ortho nitro benzene ring substituents is 1. The number of nitro groups is 1. The third-order valence-electron chi connectivity index (χ3n) is 5.66. The molecule has 0 aliphatic rings. The van der Waals surface area contributed by atoms with Crippen LogP contribution in [0.15, 0.2) is 108 Å². The van der Waals surface area contributed by atoms with Gasteiger partial charge in [0.15, 0.2) is 0 Å². The largest absolute Gasteiger partial charge is 0.325 e. The summed E-state index contributed by atoms with van der Waals surface area (Å²) < 4.78 is 0. The quantitative estimate of drug-likeness (QED) is 0.0754. The molecule has 0 atom stereocenters. The Bertz CT molecular complexity index is 1630. The van der Waals surface area contributed by atoms with E-state index in [0.717, 1.165) is 4.90 Å². The second-order valence-electron chi connectivity index (χ2n) is 8.63. The molecule has 0 aliphatic heterocycles. The maximum absolute atomic E-state index is 13.3. The SMILES string of the molecule is O=C(CSc1ccc(NC(=O)/C(=C/c2c(Cl)cccc2Cl)NC(=O)c2ccccc2)cc1)Nc1ccc([N+](=O)[O-])cc1. The summed E-state index contributed by atoms with van der Waals surface area (Å²) >= 11 is 13.9. The number of hydrogen-bond donors (Lipinski definition) is 3. The normalized spacial score (nSPS) is 11.0. The Hall–Kier alpha value is -4.64. The van der Waals surface area contributed by atoms with Crippen molar-refractivity contribution < 1.29 is 19.3 Å². The first-order valence-corrected chi connectivity index (χ1v) is 14.0. The van der Waals surface area contributed by atoms with Crippen LogP contribution in [-0.2, 0) is 9.59 Å². The third kappa shape index (κ3) is 8.43. The second kappa shape index (κ2) is 14.3. The molecular weight excluding hydrogens is 599 g/mol. The number of benzene rings is 4. The maximum Gasteiger partial charge on any atom is 0.272 e. The van der Waals surface area contributed by atoms with Crippen molar-refractivity contribution in [2.45, 2.75) is 4.90 Å². The van der Waals surface area contributed by atoms with Crippen molar-refractivity contribution in [1.29, 1.82) is 0 Å². The molecule has 0 aromatic heterocycles. The molecule has 3 amide bonds. The van der Waals surface area contributed by atoms with Gasteiger partial charge in [-0.15, -0.1) is 11.8 Å². The summed E-state index contributed by atoms with van der Waals surface area (Å²) in [6.07, 6.45) is 1.41. The number of anilines is 2. The molecule has 212 valence electrons. The van der Waals surface area contributed by atoms with Crippen molar-refractivity contribution >= 4 is 75.8 Å². The maximum atomic E-state index is 13.3. The van der Waals surface area contributed by atoms with E-state index in [0.29, 0.717) is 32.5 Å². The summed E-state index contributed by atoms with van der Waals surface area (Å²) in [6, 6.07) is 25.7. The highest BCUT2D eigenvalue weighted by Crippen LogP contribution is 2.27. The summed E-state index contributed by atoms with van der Waals surface area (Å²) in [5, 5.41) is 19.5. The first kappa shape index (κ1) is 30.3. The number of amides is 3. The van der Waals surface area contributed by atoms with Crippen molar-refractivity contribution in [3.05, 3.63) is 134 Å². The number of carbonyl (C=O) groups is 3. The number of rotatable bonds is 10. The Morgan fingerprint density at radius 1 is 0.786 bits per heavy atom. The molecule has 0 saturated heterocycles. The minimum Gasteiger partial charge on any atom is -0.325 e. The number of halogens is 2. The fraction of sp³-hybridized carbons (Fsp3) is 0.0333. The van der Waals surface area contributed by atoms with E-state index in [1.807, 2.05) is 0 Å². The molecule has 4 aromatic rings. The summed E-state index contributed by atoms with van der Waals surface area (Å²) in [6.45, 7) is 0. The number of nitrogens with zero attached hydrogens (tertiary/aromatic N) is 1. The highest BCUT2D eigenvalue weighted by molar-refractivity contribution is 8.00. The van der Waals surface area contributed by atoms with Crippen LogP contribution in [0.3, 0.4) is 0 Å². The Morgan fingerprint density at radius 3 is 2.00 bits per heavy atom. The first-order valence-electron chi connectivity index (χ1n) is 12.3. The molecule has 0 heterocycles. The number of thioether (sulfide) groups is 1. The third-order valence-corrected chi connectivity index (χ3v) is 7.33. The van der Waals surface area contributed by atoms with E-state index in [9.17, 15) is 24.5 Å². The number of nitro benzene ring substituents is 1. The minimum atomic E-state index is -0.599. The Balaban J connectivity index is 1.41. The molecule has 0 spiro atoms. The van der Waals surface area contributed by atoms with E-state index in [1.54, 1.807) is 72.8 Å². The van der Waals surface area contributed by atoms with Gasteiger partial charge in [0.2, 0.25) is 5.91 Å². The standard InChI is InChI=1S/C30H22Cl2N4O5S/c31-25-7-4-8-26(32)24(25)17-27(35-29(38)19-5-2-1-3-6-19)30(39)34-21-11-15-23(16-12-21)42-18-28(37)33-20-9-13-22(14-10-20)36(40)41/h1-17H,18H2,(H,33,37)(H,34,39)(H,35,38)/b27-17-. The van der Waals surface area contributed by atoms with E-state index in [1.165, 1.54) is 42.1 Å². The van der Waals surface area contributed by atoms with Crippen molar-refractivity contribution in [2.75, 3.05) is 16.4 Å².